The van der Waals surface area contributed by atoms with E-state index in [9.17, 15) is 0 Å². The molecular weight excluding hydrogens is 264 g/mol. The molecule has 0 spiro atoms. The minimum absolute atomic E-state index is 0.791. The quantitative estimate of drug-likeness (QED) is 0.571. The van der Waals surface area contributed by atoms with Gasteiger partial charge in [0.15, 0.2) is 0 Å². The number of unbranched alkanes of at least 4 members (excludes halogenated alkanes) is 1. The maximum absolute atomic E-state index is 2.50. The molecule has 0 amide bonds. The summed E-state index contributed by atoms with van der Waals surface area (Å²) < 4.78 is 0. The van der Waals surface area contributed by atoms with E-state index in [1.54, 1.807) is 0 Å². The van der Waals surface area contributed by atoms with Gasteiger partial charge in [0, 0.05) is 0 Å². The fourth-order valence-corrected chi connectivity index (χ4v) is 4.23. The first-order valence-corrected chi connectivity index (χ1v) is 9.30. The second kappa shape index (κ2) is 7.81. The zero-order chi connectivity index (χ0) is 15.2. The van der Waals surface area contributed by atoms with E-state index in [1.807, 2.05) is 0 Å². The lowest BCUT2D eigenvalue weighted by Crippen LogP contribution is -2.21. The van der Waals surface area contributed by atoms with E-state index < -0.39 is 0 Å². The highest BCUT2D eigenvalue weighted by atomic mass is 14.3. The highest BCUT2D eigenvalue weighted by Crippen LogP contribution is 2.39. The van der Waals surface area contributed by atoms with Crippen molar-refractivity contribution in [2.45, 2.75) is 58.3 Å². The maximum Gasteiger partial charge on any atom is -0.0167 e. The molecule has 1 fully saturated rings. The van der Waals surface area contributed by atoms with Gasteiger partial charge in [-0.1, -0.05) is 87.6 Å². The molecule has 2 aliphatic rings. The molecule has 0 nitrogen and oxygen atoms in total. The van der Waals surface area contributed by atoms with Crippen LogP contribution in [0.1, 0.15) is 63.9 Å². The lowest BCUT2D eigenvalue weighted by Gasteiger charge is -2.33. The predicted molar refractivity (Wildman–Crippen MR) is 96.6 cm³/mol. The first kappa shape index (κ1) is 15.6. The van der Waals surface area contributed by atoms with Crippen molar-refractivity contribution in [3.63, 3.8) is 0 Å². The summed E-state index contributed by atoms with van der Waals surface area (Å²) in [5, 5.41) is 0. The number of rotatable bonds is 5. The number of hydrogen-bond acceptors (Lipinski definition) is 0. The molecule has 0 bridgehead atoms. The normalized spacial score (nSPS) is 28.4. The van der Waals surface area contributed by atoms with Crippen molar-refractivity contribution in [1.82, 2.24) is 0 Å². The zero-order valence-corrected chi connectivity index (χ0v) is 14.0. The van der Waals surface area contributed by atoms with Crippen molar-refractivity contribution >= 4 is 5.57 Å². The van der Waals surface area contributed by atoms with Crippen molar-refractivity contribution in [2.75, 3.05) is 0 Å². The van der Waals surface area contributed by atoms with Gasteiger partial charge >= 0.3 is 0 Å². The van der Waals surface area contributed by atoms with Crippen LogP contribution in [-0.4, -0.2) is 0 Å². The van der Waals surface area contributed by atoms with Crippen molar-refractivity contribution < 1.29 is 0 Å². The van der Waals surface area contributed by atoms with Crippen molar-refractivity contribution in [2.24, 2.45) is 17.8 Å². The Hall–Kier alpha value is -1.30. The van der Waals surface area contributed by atoms with Gasteiger partial charge in [-0.2, -0.15) is 0 Å². The number of benzene rings is 1. The van der Waals surface area contributed by atoms with Crippen LogP contribution in [0.5, 0.6) is 0 Å². The summed E-state index contributed by atoms with van der Waals surface area (Å²) >= 11 is 0. The van der Waals surface area contributed by atoms with Crippen LogP contribution in [0.15, 0.2) is 48.6 Å². The highest BCUT2D eigenvalue weighted by Gasteiger charge is 2.26. The Kier molecular flexibility index (Phi) is 5.53. The first-order chi connectivity index (χ1) is 10.9. The molecule has 0 radical (unpaired) electrons. The first-order valence-electron chi connectivity index (χ1n) is 9.30. The largest absolute Gasteiger partial charge is 0.0802 e. The van der Waals surface area contributed by atoms with Crippen molar-refractivity contribution in [1.29, 1.82) is 0 Å². The fraction of sp³-hybridized carbons (Fsp3) is 0.545. The zero-order valence-electron chi connectivity index (χ0n) is 14.0. The Labute approximate surface area is 136 Å². The summed E-state index contributed by atoms with van der Waals surface area (Å²) in [6.45, 7) is 2.31. The lowest BCUT2D eigenvalue weighted by molar-refractivity contribution is 0.219. The molecule has 22 heavy (non-hydrogen) atoms. The Bertz CT molecular complexity index is 500. The molecule has 0 saturated heterocycles. The van der Waals surface area contributed by atoms with Gasteiger partial charge in [-0.25, -0.2) is 0 Å². The van der Waals surface area contributed by atoms with Crippen molar-refractivity contribution in [3.05, 3.63) is 54.1 Å². The van der Waals surface area contributed by atoms with Crippen LogP contribution < -0.4 is 0 Å². The Morgan fingerprint density at radius 3 is 2.41 bits per heavy atom. The van der Waals surface area contributed by atoms with Gasteiger partial charge in [-0.3, -0.25) is 0 Å². The molecule has 2 aliphatic carbocycles. The Balaban J connectivity index is 1.50. The minimum Gasteiger partial charge on any atom is -0.0802 e. The maximum atomic E-state index is 2.50. The van der Waals surface area contributed by atoms with Gasteiger partial charge < -0.3 is 0 Å². The van der Waals surface area contributed by atoms with E-state index in [4.69, 9.17) is 0 Å². The second-order valence-corrected chi connectivity index (χ2v) is 7.21. The lowest BCUT2D eigenvalue weighted by atomic mass is 9.72. The van der Waals surface area contributed by atoms with Crippen LogP contribution >= 0.6 is 0 Å². The van der Waals surface area contributed by atoms with E-state index in [1.165, 1.54) is 62.5 Å². The summed E-state index contributed by atoms with van der Waals surface area (Å²) in [6, 6.07) is 10.8. The van der Waals surface area contributed by atoms with Gasteiger partial charge in [-0.05, 0) is 48.2 Å². The SMILES string of the molecule is CCCCC1CCC(C2C=CC(c3ccccc3)=CC2)CC1. The average molecular weight is 294 g/mol. The topological polar surface area (TPSA) is 0 Å². The Morgan fingerprint density at radius 1 is 1.00 bits per heavy atom. The molecule has 0 N–H and O–H groups in total. The monoisotopic (exact) mass is 294 g/mol. The predicted octanol–water partition coefficient (Wildman–Crippen LogP) is 6.64. The molecule has 1 aromatic rings. The van der Waals surface area contributed by atoms with E-state index in [2.05, 4.69) is 55.5 Å². The highest BCUT2D eigenvalue weighted by molar-refractivity contribution is 5.74. The van der Waals surface area contributed by atoms with Gasteiger partial charge in [0.1, 0.15) is 0 Å². The van der Waals surface area contributed by atoms with Crippen LogP contribution in [0.25, 0.3) is 5.57 Å². The number of allylic oxidation sites excluding steroid dienone is 4. The molecule has 1 saturated carbocycles. The standard InChI is InChI=1S/C22H30/c1-2-3-7-18-10-12-20(13-11-18)22-16-14-21(15-17-22)19-8-5-4-6-9-19/h4-6,8-9,14-16,18,20,22H,2-3,7,10-13,17H2,1H3. The summed E-state index contributed by atoms with van der Waals surface area (Å²) in [6.07, 6.45) is 18.7. The molecule has 1 aromatic carbocycles. The summed E-state index contributed by atoms with van der Waals surface area (Å²) in [5.41, 5.74) is 2.77. The minimum atomic E-state index is 0.791. The fourth-order valence-electron chi connectivity index (χ4n) is 4.23. The number of hydrogen-bond donors (Lipinski definition) is 0. The smallest absolute Gasteiger partial charge is 0.0167 e. The van der Waals surface area contributed by atoms with E-state index in [-0.39, 0.29) is 0 Å². The summed E-state index contributed by atoms with van der Waals surface area (Å²) in [5.74, 6) is 2.75. The molecule has 0 heteroatoms. The average Bonchev–Trinajstić information content (AvgIpc) is 2.61. The van der Waals surface area contributed by atoms with E-state index in [0.29, 0.717) is 0 Å². The van der Waals surface area contributed by atoms with Gasteiger partial charge in [0.05, 0.1) is 0 Å². The molecule has 0 aromatic heterocycles. The van der Waals surface area contributed by atoms with Crippen LogP contribution in [-0.2, 0) is 0 Å². The Morgan fingerprint density at radius 2 is 1.77 bits per heavy atom. The van der Waals surface area contributed by atoms with Crippen LogP contribution in [0.2, 0.25) is 0 Å². The third-order valence-corrected chi connectivity index (χ3v) is 5.70. The van der Waals surface area contributed by atoms with Crippen LogP contribution in [0.3, 0.4) is 0 Å². The molecule has 0 aliphatic heterocycles. The third kappa shape index (κ3) is 3.91. The summed E-state index contributed by atoms with van der Waals surface area (Å²) in [4.78, 5) is 0. The van der Waals surface area contributed by atoms with Gasteiger partial charge in [0.2, 0.25) is 0 Å². The van der Waals surface area contributed by atoms with Crippen LogP contribution in [0, 0.1) is 17.8 Å². The van der Waals surface area contributed by atoms with E-state index in [0.717, 1.165) is 17.8 Å². The molecular formula is C22H30. The van der Waals surface area contributed by atoms with Gasteiger partial charge in [-0.15, -0.1) is 0 Å². The molecule has 1 atom stereocenters. The van der Waals surface area contributed by atoms with Crippen LogP contribution in [0.4, 0.5) is 0 Å². The van der Waals surface area contributed by atoms with Crippen molar-refractivity contribution in [3.8, 4) is 0 Å². The van der Waals surface area contributed by atoms with E-state index >= 15 is 0 Å². The molecule has 118 valence electrons. The second-order valence-electron chi connectivity index (χ2n) is 7.21. The molecule has 3 rings (SSSR count). The summed E-state index contributed by atoms with van der Waals surface area (Å²) in [7, 11) is 0. The van der Waals surface area contributed by atoms with Gasteiger partial charge in [0.25, 0.3) is 0 Å². The molecule has 0 heterocycles. The molecule has 1 unspecified atom stereocenters. The third-order valence-electron chi connectivity index (χ3n) is 5.70.